The first-order chi connectivity index (χ1) is 63.7. The van der Waals surface area contributed by atoms with Gasteiger partial charge in [-0.1, -0.05) is 240 Å². The van der Waals surface area contributed by atoms with Gasteiger partial charge in [0.15, 0.2) is 39.9 Å². The smallest absolute Gasteiger partial charge is 0.200 e. The van der Waals surface area contributed by atoms with E-state index in [9.17, 15) is 0 Å². The van der Waals surface area contributed by atoms with Crippen molar-refractivity contribution in [3.63, 3.8) is 0 Å². The number of aryl methyl sites for hydroxylation is 9. The Bertz CT molecular complexity index is 7480. The number of fused-ring (bicyclic) bond motifs is 6. The predicted octanol–water partition coefficient (Wildman–Crippen LogP) is 26.1. The van der Waals surface area contributed by atoms with Gasteiger partial charge in [0.1, 0.15) is 62.6 Å². The van der Waals surface area contributed by atoms with E-state index in [4.69, 9.17) is 0 Å². The molecule has 0 bridgehead atoms. The molecule has 0 saturated heterocycles. The SMILES string of the molecule is Cc1ccccc1-n1c(C)c(-c2c(C)cccc2C)[n+]2ccccc12.Cc1ccccc1-n1c(C)c(-c2ccccc2)[n+]2ccccc12.Cc1ccccc1-n1c(C)c(C(C)C)[n+]2ccccc12.Cc1ccccc1-n1c(C)c(C)[n+]2ccccc12.Cc1ccccc1-n1c(C)c(C2CCCC2)[n+]2ccccc12.Cc1ccccc1-n1c(C)c(C2CCCCC2)[n+]2ccccc12. The molecule has 0 aliphatic heterocycles. The number of imidazole rings is 6. The molecule has 0 spiro atoms. The summed E-state index contributed by atoms with van der Waals surface area (Å²) in [5.74, 6) is 1.90. The molecule has 2 aliphatic rings. The molecule has 0 atom stereocenters. The van der Waals surface area contributed by atoms with Crippen molar-refractivity contribution in [1.82, 2.24) is 27.4 Å². The van der Waals surface area contributed by atoms with E-state index in [2.05, 4.69) is 512 Å². The third-order valence-corrected chi connectivity index (χ3v) is 27.5. The van der Waals surface area contributed by atoms with E-state index in [1.807, 2.05) is 0 Å². The van der Waals surface area contributed by atoms with Crippen LogP contribution in [0.3, 0.4) is 0 Å². The van der Waals surface area contributed by atoms with E-state index in [1.54, 1.807) is 0 Å². The Labute approximate surface area is 774 Å². The molecule has 0 radical (unpaired) electrons. The maximum absolute atomic E-state index is 2.44. The molecule has 20 aromatic rings. The van der Waals surface area contributed by atoms with Crippen LogP contribution in [0.1, 0.15) is 191 Å². The van der Waals surface area contributed by atoms with Crippen molar-refractivity contribution in [1.29, 1.82) is 0 Å². The molecule has 12 nitrogen and oxygen atoms in total. The molecule has 12 heteroatoms. The topological polar surface area (TPSA) is 54.2 Å². The number of pyridine rings is 6. The molecule has 2 saturated carbocycles. The lowest BCUT2D eigenvalue weighted by Crippen LogP contribution is -2.27. The summed E-state index contributed by atoms with van der Waals surface area (Å²) in [4.78, 5) is 0. The number of nitrogens with zero attached hydrogens (tertiary/aromatic N) is 12. The average Bonchev–Trinajstić information content (AvgIpc) is 1.59. The molecule has 0 N–H and O–H groups in total. The highest BCUT2D eigenvalue weighted by molar-refractivity contribution is 5.71. The number of hydrogen-bond acceptors (Lipinski definition) is 0. The summed E-state index contributed by atoms with van der Waals surface area (Å²) < 4.78 is 28.3. The zero-order chi connectivity index (χ0) is 91.3. The van der Waals surface area contributed by atoms with Crippen molar-refractivity contribution < 1.29 is 26.4 Å². The fourth-order valence-corrected chi connectivity index (χ4v) is 21.2. The Hall–Kier alpha value is -14.1. The molecule has 2 fully saturated rings. The second-order valence-corrected chi connectivity index (χ2v) is 36.4. The van der Waals surface area contributed by atoms with Gasteiger partial charge in [-0.25, -0.2) is 0 Å². The molecule has 12 aromatic heterocycles. The van der Waals surface area contributed by atoms with Gasteiger partial charge < -0.3 is 0 Å². The van der Waals surface area contributed by atoms with Crippen LogP contribution in [0.4, 0.5) is 0 Å². The highest BCUT2D eigenvalue weighted by Gasteiger charge is 2.36. The molecule has 658 valence electrons. The van der Waals surface area contributed by atoms with Crippen molar-refractivity contribution >= 4 is 33.9 Å². The van der Waals surface area contributed by atoms with E-state index in [0.29, 0.717) is 17.8 Å². The molecular weight excluding hydrogens is 1600 g/mol. The predicted molar refractivity (Wildman–Crippen MR) is 537 cm³/mol. The Balaban J connectivity index is 0.000000110. The van der Waals surface area contributed by atoms with Crippen LogP contribution >= 0.6 is 0 Å². The maximum Gasteiger partial charge on any atom is 0.292 e. The van der Waals surface area contributed by atoms with E-state index >= 15 is 0 Å². The summed E-state index contributed by atoms with van der Waals surface area (Å²) >= 11 is 0. The minimum atomic E-state index is 0.496. The number of hydrogen-bond donors (Lipinski definition) is 0. The van der Waals surface area contributed by atoms with Gasteiger partial charge in [-0.2, -0.15) is 53.8 Å². The fraction of sp³-hybridized carbons (Fsp3) is 0.244. The van der Waals surface area contributed by atoms with Crippen LogP contribution in [0.25, 0.3) is 90.5 Å². The van der Waals surface area contributed by atoms with E-state index in [0.717, 1.165) is 0 Å². The van der Waals surface area contributed by atoms with Gasteiger partial charge in [-0.05, 0) is 198 Å². The van der Waals surface area contributed by atoms with Gasteiger partial charge in [0.25, 0.3) is 33.9 Å². The minimum Gasteiger partial charge on any atom is -0.200 e. The molecule has 0 amide bonds. The zero-order valence-corrected chi connectivity index (χ0v) is 79.8. The summed E-state index contributed by atoms with van der Waals surface area (Å²) in [5.41, 5.74) is 44.0. The Morgan fingerprint density at radius 3 is 0.847 bits per heavy atom. The first kappa shape index (κ1) is 88.9. The standard InChI is InChI=1S/C23H23N2.C21H25N2.C21H19N2.C20H23N2.C18H21N2.C16H17N2/c1-16-10-5-6-13-20(16)25-19(4)23(24-15-8-7-14-21(24)25)22-17(2)11-9-12-18(22)3;2*1-16-10-6-7-13-19(16)23-17(2)21(18-11-4-3-5-12-18)22-15-9-8-14-20(22)23;1-15-9-3-6-12-18(15)22-16(2)20(17-10-4-5-11-17)21-14-8-7-13-19(21)22;1-13(2)18-15(4)20(16-10-6-5-9-14(16)3)17-11-7-8-12-19(17)18;1-12-8-4-5-9-15(12)18-14(3)13(2)17-11-7-6-10-16(17)18/h5-15H,1-4H3;6-10,13-15,18H,3-5,11-12H2,1-2H3;3-15H,1-2H3;3,6-9,12-14,17H,4-5,10-11H2,1-2H3;5-13H,1-4H3;4-11H,1-3H3/q6*+1. The van der Waals surface area contributed by atoms with Gasteiger partial charge in [-0.3, -0.25) is 0 Å². The maximum atomic E-state index is 2.44. The number of aromatic nitrogens is 12. The van der Waals surface area contributed by atoms with Crippen LogP contribution < -0.4 is 26.4 Å². The Morgan fingerprint density at radius 2 is 0.481 bits per heavy atom. The van der Waals surface area contributed by atoms with Crippen LogP contribution in [0.15, 0.2) is 340 Å². The lowest BCUT2D eigenvalue weighted by molar-refractivity contribution is -0.522. The largest absolute Gasteiger partial charge is 0.292 e. The van der Waals surface area contributed by atoms with Crippen LogP contribution in [-0.4, -0.2) is 27.4 Å². The third-order valence-electron chi connectivity index (χ3n) is 27.5. The zero-order valence-electron chi connectivity index (χ0n) is 79.8. The fourth-order valence-electron chi connectivity index (χ4n) is 21.2. The van der Waals surface area contributed by atoms with Crippen LogP contribution in [-0.2, 0) is 0 Å². The minimum absolute atomic E-state index is 0.496. The van der Waals surface area contributed by atoms with E-state index in [-0.39, 0.29) is 0 Å². The van der Waals surface area contributed by atoms with Crippen LogP contribution in [0, 0.1) is 104 Å². The summed E-state index contributed by atoms with van der Waals surface area (Å²) in [6, 6.07) is 107. The van der Waals surface area contributed by atoms with Crippen molar-refractivity contribution in [2.75, 3.05) is 0 Å². The van der Waals surface area contributed by atoms with Gasteiger partial charge in [0.05, 0.1) is 37.2 Å². The lowest BCUT2D eigenvalue weighted by Gasteiger charge is -2.19. The number of para-hydroxylation sites is 6. The Kier molecular flexibility index (Phi) is 26.5. The molecule has 8 aromatic carbocycles. The summed E-state index contributed by atoms with van der Waals surface area (Å²) in [6.07, 6.45) is 25.2. The molecule has 22 rings (SSSR count). The highest BCUT2D eigenvalue weighted by atomic mass is 15.2. The average molecular weight is 1730 g/mol. The molecular formula is C119H128N12+6. The summed E-state index contributed by atoms with van der Waals surface area (Å²) in [7, 11) is 0. The quantitative estimate of drug-likeness (QED) is 0.116. The van der Waals surface area contributed by atoms with Crippen LogP contribution in [0.5, 0.6) is 0 Å². The third kappa shape index (κ3) is 17.3. The molecule has 12 heterocycles. The summed E-state index contributed by atoms with van der Waals surface area (Å²) in [5, 5.41) is 0. The van der Waals surface area contributed by atoms with Crippen molar-refractivity contribution in [2.45, 2.75) is 193 Å². The number of benzene rings is 8. The molecule has 2 aliphatic carbocycles. The monoisotopic (exact) mass is 1730 g/mol. The molecule has 0 unspecified atom stereocenters. The Morgan fingerprint density at radius 1 is 0.221 bits per heavy atom. The second-order valence-electron chi connectivity index (χ2n) is 36.4. The first-order valence-electron chi connectivity index (χ1n) is 47.3. The van der Waals surface area contributed by atoms with Crippen molar-refractivity contribution in [2.24, 2.45) is 0 Å². The molecule has 131 heavy (non-hydrogen) atoms. The van der Waals surface area contributed by atoms with Gasteiger partial charge in [-0.15, -0.1) is 0 Å². The van der Waals surface area contributed by atoms with E-state index < -0.39 is 0 Å². The van der Waals surface area contributed by atoms with Crippen LogP contribution in [0.2, 0.25) is 0 Å². The second kappa shape index (κ2) is 39.1. The van der Waals surface area contributed by atoms with Gasteiger partial charge in [0, 0.05) is 114 Å². The van der Waals surface area contributed by atoms with Gasteiger partial charge in [0.2, 0.25) is 0 Å². The normalized spacial score (nSPS) is 12.8. The number of rotatable bonds is 11. The summed E-state index contributed by atoms with van der Waals surface area (Å²) in [6.45, 7) is 37.5. The highest BCUT2D eigenvalue weighted by Crippen LogP contribution is 2.39. The lowest BCUT2D eigenvalue weighted by atomic mass is 9.86. The van der Waals surface area contributed by atoms with Crippen molar-refractivity contribution in [3.05, 3.63) is 442 Å². The van der Waals surface area contributed by atoms with Gasteiger partial charge >= 0.3 is 0 Å². The van der Waals surface area contributed by atoms with Crippen molar-refractivity contribution in [3.8, 4) is 56.6 Å². The first-order valence-corrected chi connectivity index (χ1v) is 47.3. The van der Waals surface area contributed by atoms with E-state index in [1.165, 1.54) is 250 Å².